The fourth-order valence-corrected chi connectivity index (χ4v) is 3.29. The highest BCUT2D eigenvalue weighted by atomic mass is 32.2. The molecular weight excluding hydrogens is 204 g/mol. The second-order valence-electron chi connectivity index (χ2n) is 4.24. The van der Waals surface area contributed by atoms with Gasteiger partial charge in [-0.3, -0.25) is 0 Å². The van der Waals surface area contributed by atoms with Crippen molar-refractivity contribution in [1.29, 1.82) is 0 Å². The van der Waals surface area contributed by atoms with Crippen LogP contribution >= 0.6 is 11.8 Å². The topological polar surface area (TPSA) is 20.2 Å². The van der Waals surface area contributed by atoms with E-state index in [1.807, 2.05) is 11.8 Å². The summed E-state index contributed by atoms with van der Waals surface area (Å²) >= 11 is 1.87. The molecule has 0 amide bonds. The van der Waals surface area contributed by atoms with Crippen molar-refractivity contribution in [2.75, 3.05) is 11.5 Å². The Morgan fingerprint density at radius 3 is 2.40 bits per heavy atom. The predicted molar refractivity (Wildman–Crippen MR) is 66.3 cm³/mol. The van der Waals surface area contributed by atoms with E-state index in [2.05, 4.69) is 31.2 Å². The molecule has 2 unspecified atom stereocenters. The maximum atomic E-state index is 9.73. The quantitative estimate of drug-likeness (QED) is 0.848. The number of hydrogen-bond donors (Lipinski definition) is 1. The van der Waals surface area contributed by atoms with E-state index in [1.54, 1.807) is 0 Å². The van der Waals surface area contributed by atoms with Crippen molar-refractivity contribution >= 4 is 11.8 Å². The first-order valence-electron chi connectivity index (χ1n) is 5.63. The molecule has 82 valence electrons. The van der Waals surface area contributed by atoms with Crippen molar-refractivity contribution < 1.29 is 5.11 Å². The Bertz CT molecular complexity index is 307. The lowest BCUT2D eigenvalue weighted by Crippen LogP contribution is -2.19. The summed E-state index contributed by atoms with van der Waals surface area (Å²) in [5, 5.41) is 9.73. The van der Waals surface area contributed by atoms with Gasteiger partial charge in [0.15, 0.2) is 0 Å². The van der Waals surface area contributed by atoms with Gasteiger partial charge in [0, 0.05) is 5.75 Å². The van der Waals surface area contributed by atoms with Crippen LogP contribution in [0.3, 0.4) is 0 Å². The minimum atomic E-state index is -0.0964. The van der Waals surface area contributed by atoms with Gasteiger partial charge in [-0.2, -0.15) is 11.8 Å². The van der Waals surface area contributed by atoms with Crippen LogP contribution < -0.4 is 0 Å². The first-order chi connectivity index (χ1) is 7.29. The summed E-state index contributed by atoms with van der Waals surface area (Å²) < 4.78 is 0. The van der Waals surface area contributed by atoms with Crippen LogP contribution in [0.25, 0.3) is 0 Å². The second kappa shape index (κ2) is 5.04. The second-order valence-corrected chi connectivity index (χ2v) is 5.31. The smallest absolute Gasteiger partial charge is 0.0669 e. The fraction of sp³-hybridized carbons (Fsp3) is 0.538. The van der Waals surface area contributed by atoms with Crippen molar-refractivity contribution in [3.63, 3.8) is 0 Å². The first kappa shape index (κ1) is 11.0. The Morgan fingerprint density at radius 2 is 1.87 bits per heavy atom. The maximum Gasteiger partial charge on any atom is 0.0669 e. The fourth-order valence-electron chi connectivity index (χ4n) is 2.00. The Morgan fingerprint density at radius 1 is 1.20 bits per heavy atom. The van der Waals surface area contributed by atoms with E-state index in [0.717, 1.165) is 24.3 Å². The summed E-state index contributed by atoms with van der Waals surface area (Å²) in [6.07, 6.45) is 2.03. The molecule has 15 heavy (non-hydrogen) atoms. The van der Waals surface area contributed by atoms with Crippen molar-refractivity contribution in [2.45, 2.75) is 25.9 Å². The molecule has 2 heteroatoms. The van der Waals surface area contributed by atoms with Crippen LogP contribution in [0.4, 0.5) is 0 Å². The van der Waals surface area contributed by atoms with Gasteiger partial charge in [0.25, 0.3) is 0 Å². The summed E-state index contributed by atoms with van der Waals surface area (Å²) in [7, 11) is 0. The molecule has 0 spiro atoms. The van der Waals surface area contributed by atoms with Gasteiger partial charge in [0.2, 0.25) is 0 Å². The molecule has 1 aromatic carbocycles. The monoisotopic (exact) mass is 222 g/mol. The van der Waals surface area contributed by atoms with Gasteiger partial charge in [-0.05, 0) is 35.6 Å². The molecule has 0 aliphatic carbocycles. The molecule has 2 atom stereocenters. The number of thioether (sulfide) groups is 1. The van der Waals surface area contributed by atoms with E-state index >= 15 is 0 Å². The summed E-state index contributed by atoms with van der Waals surface area (Å²) in [4.78, 5) is 0. The van der Waals surface area contributed by atoms with Crippen molar-refractivity contribution in [3.05, 3.63) is 35.4 Å². The molecule has 2 rings (SSSR count). The zero-order valence-corrected chi connectivity index (χ0v) is 9.96. The van der Waals surface area contributed by atoms with Crippen LogP contribution in [-0.4, -0.2) is 22.7 Å². The average molecular weight is 222 g/mol. The third-order valence-electron chi connectivity index (χ3n) is 3.09. The third kappa shape index (κ3) is 2.76. The molecule has 0 aromatic heterocycles. The van der Waals surface area contributed by atoms with Crippen LogP contribution in [0.1, 0.15) is 18.1 Å². The van der Waals surface area contributed by atoms with Crippen LogP contribution in [0.5, 0.6) is 0 Å². The highest BCUT2D eigenvalue weighted by Crippen LogP contribution is 2.27. The van der Waals surface area contributed by atoms with Gasteiger partial charge >= 0.3 is 0 Å². The van der Waals surface area contributed by atoms with Gasteiger partial charge < -0.3 is 5.11 Å². The summed E-state index contributed by atoms with van der Waals surface area (Å²) in [5.41, 5.74) is 2.75. The average Bonchev–Trinajstić information content (AvgIpc) is 2.66. The van der Waals surface area contributed by atoms with E-state index in [4.69, 9.17) is 0 Å². The SMILES string of the molecule is CCc1ccc(CC2CSCC2O)cc1. The first-order valence-corrected chi connectivity index (χ1v) is 6.78. The van der Waals surface area contributed by atoms with E-state index < -0.39 is 0 Å². The van der Waals surface area contributed by atoms with Crippen LogP contribution in [-0.2, 0) is 12.8 Å². The lowest BCUT2D eigenvalue weighted by molar-refractivity contribution is 0.150. The number of aryl methyl sites for hydroxylation is 1. The lowest BCUT2D eigenvalue weighted by atomic mass is 9.96. The van der Waals surface area contributed by atoms with Crippen molar-refractivity contribution in [2.24, 2.45) is 5.92 Å². The molecule has 1 N–H and O–H groups in total. The van der Waals surface area contributed by atoms with Gasteiger partial charge in [-0.1, -0.05) is 31.2 Å². The molecule has 1 aromatic rings. The summed E-state index contributed by atoms with van der Waals surface area (Å²) in [6, 6.07) is 8.80. The number of rotatable bonds is 3. The molecule has 0 bridgehead atoms. The van der Waals surface area contributed by atoms with Crippen LogP contribution in [0.15, 0.2) is 24.3 Å². The normalized spacial score (nSPS) is 25.7. The van der Waals surface area contributed by atoms with E-state index in [1.165, 1.54) is 11.1 Å². The summed E-state index contributed by atoms with van der Waals surface area (Å²) in [5.74, 6) is 2.48. The number of benzene rings is 1. The molecular formula is C13H18OS. The minimum Gasteiger partial charge on any atom is -0.392 e. The van der Waals surface area contributed by atoms with Gasteiger partial charge in [-0.15, -0.1) is 0 Å². The van der Waals surface area contributed by atoms with Crippen molar-refractivity contribution in [3.8, 4) is 0 Å². The molecule has 1 fully saturated rings. The molecule has 1 nitrogen and oxygen atoms in total. The Balaban J connectivity index is 1.98. The van der Waals surface area contributed by atoms with Gasteiger partial charge in [0.05, 0.1) is 6.10 Å². The highest BCUT2D eigenvalue weighted by molar-refractivity contribution is 7.99. The van der Waals surface area contributed by atoms with Gasteiger partial charge in [0.1, 0.15) is 0 Å². The molecule has 1 aliphatic heterocycles. The molecule has 1 aliphatic rings. The molecule has 1 saturated heterocycles. The third-order valence-corrected chi connectivity index (χ3v) is 4.33. The largest absolute Gasteiger partial charge is 0.392 e. The number of aliphatic hydroxyl groups excluding tert-OH is 1. The molecule has 0 saturated carbocycles. The van der Waals surface area contributed by atoms with Gasteiger partial charge in [-0.25, -0.2) is 0 Å². The van der Waals surface area contributed by atoms with Crippen LogP contribution in [0.2, 0.25) is 0 Å². The van der Waals surface area contributed by atoms with E-state index in [-0.39, 0.29) is 6.10 Å². The Hall–Kier alpha value is -0.470. The van der Waals surface area contributed by atoms with E-state index in [0.29, 0.717) is 5.92 Å². The maximum absolute atomic E-state index is 9.73. The lowest BCUT2D eigenvalue weighted by Gasteiger charge is -2.13. The zero-order chi connectivity index (χ0) is 10.7. The van der Waals surface area contributed by atoms with Crippen LogP contribution in [0, 0.1) is 5.92 Å². The predicted octanol–water partition coefficient (Wildman–Crippen LogP) is 2.52. The molecule has 1 heterocycles. The van der Waals surface area contributed by atoms with Crippen molar-refractivity contribution in [1.82, 2.24) is 0 Å². The zero-order valence-electron chi connectivity index (χ0n) is 9.15. The standard InChI is InChI=1S/C13H18OS/c1-2-10-3-5-11(6-4-10)7-12-8-15-9-13(12)14/h3-6,12-14H,2,7-9H2,1H3. The van der Waals surface area contributed by atoms with E-state index in [9.17, 15) is 5.11 Å². The Kier molecular flexibility index (Phi) is 3.71. The number of hydrogen-bond acceptors (Lipinski definition) is 2. The molecule has 0 radical (unpaired) electrons. The minimum absolute atomic E-state index is 0.0964. The number of aliphatic hydroxyl groups is 1. The highest BCUT2D eigenvalue weighted by Gasteiger charge is 2.25. The Labute approximate surface area is 95.9 Å². The summed E-state index contributed by atoms with van der Waals surface area (Å²) in [6.45, 7) is 2.17.